The van der Waals surface area contributed by atoms with Gasteiger partial charge in [-0.25, -0.2) is 13.2 Å². The van der Waals surface area contributed by atoms with Crippen LogP contribution in [0.3, 0.4) is 0 Å². The lowest BCUT2D eigenvalue weighted by molar-refractivity contribution is -0.136. The average molecular weight is 336 g/mol. The second kappa shape index (κ2) is 6.77. The Balaban J connectivity index is 3.29. The van der Waals surface area contributed by atoms with Gasteiger partial charge in [-0.2, -0.15) is 0 Å². The first-order valence-electron chi connectivity index (χ1n) is 5.94. The zero-order valence-corrected chi connectivity index (χ0v) is 12.7. The first kappa shape index (κ1) is 17.3. The molecule has 0 saturated heterocycles. The lowest BCUT2D eigenvalue weighted by atomic mass is 10.2. The SMILES string of the molecule is CCS(=O)(=O)N(CCC(=O)O)c1ccc(Cl)c(C(=O)O)c1. The first-order chi connectivity index (χ1) is 9.69. The zero-order valence-electron chi connectivity index (χ0n) is 11.1. The van der Waals surface area contributed by atoms with Gasteiger partial charge in [-0.3, -0.25) is 9.10 Å². The fraction of sp³-hybridized carbons (Fsp3) is 0.333. The Morgan fingerprint density at radius 3 is 2.38 bits per heavy atom. The quantitative estimate of drug-likeness (QED) is 0.783. The van der Waals surface area contributed by atoms with Crippen molar-refractivity contribution >= 4 is 39.3 Å². The Bertz CT molecular complexity index is 658. The van der Waals surface area contributed by atoms with Crippen LogP contribution in [-0.4, -0.2) is 42.9 Å². The van der Waals surface area contributed by atoms with E-state index in [0.29, 0.717) is 0 Å². The molecule has 0 bridgehead atoms. The van der Waals surface area contributed by atoms with Crippen molar-refractivity contribution in [1.29, 1.82) is 0 Å². The summed E-state index contributed by atoms with van der Waals surface area (Å²) in [7, 11) is -3.73. The zero-order chi connectivity index (χ0) is 16.2. The van der Waals surface area contributed by atoms with Crippen molar-refractivity contribution in [3.8, 4) is 0 Å². The van der Waals surface area contributed by atoms with Crippen molar-refractivity contribution in [2.45, 2.75) is 13.3 Å². The number of sulfonamides is 1. The van der Waals surface area contributed by atoms with E-state index in [2.05, 4.69) is 0 Å². The van der Waals surface area contributed by atoms with Crippen LogP contribution in [0.2, 0.25) is 5.02 Å². The van der Waals surface area contributed by atoms with Crippen molar-refractivity contribution in [1.82, 2.24) is 0 Å². The van der Waals surface area contributed by atoms with E-state index in [1.54, 1.807) is 0 Å². The molecule has 0 fully saturated rings. The molecule has 1 rings (SSSR count). The Labute approximate surface area is 126 Å². The van der Waals surface area contributed by atoms with Crippen LogP contribution in [0.4, 0.5) is 5.69 Å². The van der Waals surface area contributed by atoms with Crippen LogP contribution in [0.1, 0.15) is 23.7 Å². The molecule has 0 unspecified atom stereocenters. The fourth-order valence-corrected chi connectivity index (χ4v) is 2.93. The number of carboxylic acids is 2. The van der Waals surface area contributed by atoms with Gasteiger partial charge in [0, 0.05) is 6.54 Å². The molecule has 0 aliphatic rings. The lowest BCUT2D eigenvalue weighted by Crippen LogP contribution is -2.34. The minimum absolute atomic E-state index is 0.0293. The third-order valence-corrected chi connectivity index (χ3v) is 4.82. The summed E-state index contributed by atoms with van der Waals surface area (Å²) in [5.41, 5.74) is -0.180. The molecule has 0 amide bonds. The maximum atomic E-state index is 12.0. The van der Waals surface area contributed by atoms with E-state index in [1.807, 2.05) is 0 Å². The number of hydrogen-bond acceptors (Lipinski definition) is 4. The maximum absolute atomic E-state index is 12.0. The van der Waals surface area contributed by atoms with Gasteiger partial charge in [-0.15, -0.1) is 0 Å². The molecular weight excluding hydrogens is 322 g/mol. The molecule has 1 aromatic rings. The summed E-state index contributed by atoms with van der Waals surface area (Å²) in [6, 6.07) is 3.71. The Kier molecular flexibility index (Phi) is 5.56. The molecular formula is C12H14ClNO6S. The number of halogens is 1. The van der Waals surface area contributed by atoms with Gasteiger partial charge in [-0.1, -0.05) is 11.6 Å². The molecule has 2 N–H and O–H groups in total. The normalized spacial score (nSPS) is 11.1. The number of benzene rings is 1. The Hall–Kier alpha value is -1.80. The average Bonchev–Trinajstić information content (AvgIpc) is 2.39. The number of hydrogen-bond donors (Lipinski definition) is 2. The van der Waals surface area contributed by atoms with Crippen LogP contribution < -0.4 is 4.31 Å². The van der Waals surface area contributed by atoms with Gasteiger partial charge in [0.25, 0.3) is 0 Å². The molecule has 0 aliphatic heterocycles. The van der Waals surface area contributed by atoms with E-state index in [0.717, 1.165) is 10.4 Å². The van der Waals surface area contributed by atoms with Crippen molar-refractivity contribution < 1.29 is 28.2 Å². The van der Waals surface area contributed by atoms with E-state index in [1.165, 1.54) is 19.1 Å². The number of carboxylic acid groups (broad SMARTS) is 2. The van der Waals surface area contributed by atoms with Crippen molar-refractivity contribution in [3.05, 3.63) is 28.8 Å². The van der Waals surface area contributed by atoms with Crippen molar-refractivity contribution in [2.75, 3.05) is 16.6 Å². The number of anilines is 1. The molecule has 0 aromatic heterocycles. The summed E-state index contributed by atoms with van der Waals surface area (Å²) >= 11 is 5.73. The minimum atomic E-state index is -3.73. The van der Waals surface area contributed by atoms with E-state index >= 15 is 0 Å². The number of nitrogens with zero attached hydrogens (tertiary/aromatic N) is 1. The summed E-state index contributed by atoms with van der Waals surface area (Å²) in [6.45, 7) is 1.13. The van der Waals surface area contributed by atoms with E-state index in [-0.39, 0.29) is 28.6 Å². The number of carbonyl (C=O) groups is 2. The van der Waals surface area contributed by atoms with Gasteiger partial charge in [0.15, 0.2) is 0 Å². The monoisotopic (exact) mass is 335 g/mol. The van der Waals surface area contributed by atoms with Gasteiger partial charge >= 0.3 is 11.9 Å². The van der Waals surface area contributed by atoms with Gasteiger partial charge in [-0.05, 0) is 25.1 Å². The molecule has 0 aliphatic carbocycles. The van der Waals surface area contributed by atoms with Crippen LogP contribution >= 0.6 is 11.6 Å². The van der Waals surface area contributed by atoms with Crippen molar-refractivity contribution in [2.24, 2.45) is 0 Å². The number of aliphatic carboxylic acids is 1. The third-order valence-electron chi connectivity index (χ3n) is 2.70. The van der Waals surface area contributed by atoms with Crippen molar-refractivity contribution in [3.63, 3.8) is 0 Å². The van der Waals surface area contributed by atoms with Gasteiger partial charge in [0.1, 0.15) is 0 Å². The van der Waals surface area contributed by atoms with Gasteiger partial charge in [0.2, 0.25) is 10.0 Å². The van der Waals surface area contributed by atoms with Crippen LogP contribution in [0, 0.1) is 0 Å². The van der Waals surface area contributed by atoms with Crippen LogP contribution in [0.5, 0.6) is 0 Å². The predicted molar refractivity (Wildman–Crippen MR) is 77.5 cm³/mol. The molecule has 9 heteroatoms. The molecule has 7 nitrogen and oxygen atoms in total. The number of aromatic carboxylic acids is 1. The highest BCUT2D eigenvalue weighted by molar-refractivity contribution is 7.92. The molecule has 21 heavy (non-hydrogen) atoms. The second-order valence-electron chi connectivity index (χ2n) is 4.09. The van der Waals surface area contributed by atoms with Crippen LogP contribution in [0.15, 0.2) is 18.2 Å². The Morgan fingerprint density at radius 1 is 1.29 bits per heavy atom. The predicted octanol–water partition coefficient (Wildman–Crippen LogP) is 1.67. The highest BCUT2D eigenvalue weighted by Gasteiger charge is 2.23. The highest BCUT2D eigenvalue weighted by atomic mass is 35.5. The highest BCUT2D eigenvalue weighted by Crippen LogP contribution is 2.25. The van der Waals surface area contributed by atoms with Gasteiger partial charge in [0.05, 0.1) is 28.4 Å². The van der Waals surface area contributed by atoms with Crippen LogP contribution in [-0.2, 0) is 14.8 Å². The smallest absolute Gasteiger partial charge is 0.337 e. The van der Waals surface area contributed by atoms with E-state index in [9.17, 15) is 18.0 Å². The molecule has 0 heterocycles. The lowest BCUT2D eigenvalue weighted by Gasteiger charge is -2.23. The largest absolute Gasteiger partial charge is 0.481 e. The standard InChI is InChI=1S/C12H14ClNO6S/c1-2-21(19,20)14(6-5-11(15)16)8-3-4-10(13)9(7-8)12(17)18/h3-4,7H,2,5-6H2,1H3,(H,15,16)(H,17,18). The summed E-state index contributed by atoms with van der Waals surface area (Å²) in [5.74, 6) is -2.69. The Morgan fingerprint density at radius 2 is 1.90 bits per heavy atom. The van der Waals surface area contributed by atoms with Gasteiger partial charge < -0.3 is 10.2 Å². The maximum Gasteiger partial charge on any atom is 0.337 e. The van der Waals surface area contributed by atoms with Crippen LogP contribution in [0.25, 0.3) is 0 Å². The summed E-state index contributed by atoms with van der Waals surface area (Å²) in [6.07, 6.45) is -0.399. The molecule has 0 atom stereocenters. The topological polar surface area (TPSA) is 112 Å². The minimum Gasteiger partial charge on any atom is -0.481 e. The molecule has 0 saturated carbocycles. The molecule has 1 aromatic carbocycles. The summed E-state index contributed by atoms with van der Waals surface area (Å²) < 4.78 is 24.9. The molecule has 0 radical (unpaired) electrons. The molecule has 0 spiro atoms. The number of rotatable bonds is 7. The van der Waals surface area contributed by atoms with E-state index < -0.39 is 28.4 Å². The van der Waals surface area contributed by atoms with E-state index in [4.69, 9.17) is 21.8 Å². The molecule has 116 valence electrons. The first-order valence-corrected chi connectivity index (χ1v) is 7.92. The third kappa shape index (κ3) is 4.33. The second-order valence-corrected chi connectivity index (χ2v) is 6.67. The summed E-state index contributed by atoms with van der Waals surface area (Å²) in [4.78, 5) is 21.7. The summed E-state index contributed by atoms with van der Waals surface area (Å²) in [5, 5.41) is 17.7. The fourth-order valence-electron chi connectivity index (χ4n) is 1.61.